The number of nitrogen functional groups attached to an aromatic ring is 1. The summed E-state index contributed by atoms with van der Waals surface area (Å²) in [4.78, 5) is 29.9. The third-order valence-electron chi connectivity index (χ3n) is 13.4. The number of halogens is 3. The largest absolute Gasteiger partial charge is 0.398 e. The van der Waals surface area contributed by atoms with Crippen molar-refractivity contribution in [3.63, 3.8) is 0 Å². The van der Waals surface area contributed by atoms with Crippen molar-refractivity contribution in [2.75, 3.05) is 33.9 Å². The number of fused-ring (bicyclic) bond motifs is 2. The maximum Gasteiger partial charge on any atom is 0.224 e. The van der Waals surface area contributed by atoms with Crippen LogP contribution in [0.3, 0.4) is 0 Å². The van der Waals surface area contributed by atoms with Crippen molar-refractivity contribution in [3.8, 4) is 0 Å². The zero-order valence-electron chi connectivity index (χ0n) is 36.9. The minimum Gasteiger partial charge on any atom is -0.398 e. The van der Waals surface area contributed by atoms with Crippen LogP contribution in [-0.4, -0.2) is 24.2 Å². The molecular formula is C51H71ClF2N4O2S2. The summed E-state index contributed by atoms with van der Waals surface area (Å²) in [7, 11) is 0. The van der Waals surface area contributed by atoms with E-state index < -0.39 is 0 Å². The van der Waals surface area contributed by atoms with E-state index in [0.29, 0.717) is 12.8 Å². The van der Waals surface area contributed by atoms with Crippen LogP contribution in [0.5, 0.6) is 0 Å². The summed E-state index contributed by atoms with van der Waals surface area (Å²) in [6.45, 7) is 12.0. The second-order valence-electron chi connectivity index (χ2n) is 17.9. The number of nitrogens with zero attached hydrogens (tertiary/aromatic N) is 2. The Bertz CT molecular complexity index is 2090. The van der Waals surface area contributed by atoms with Gasteiger partial charge in [0.15, 0.2) is 10.3 Å². The minimum atomic E-state index is -0.174. The van der Waals surface area contributed by atoms with Crippen molar-refractivity contribution in [1.29, 1.82) is 0 Å². The van der Waals surface area contributed by atoms with Gasteiger partial charge in [0.25, 0.3) is 0 Å². The van der Waals surface area contributed by atoms with Crippen molar-refractivity contribution in [1.82, 2.24) is 0 Å². The Morgan fingerprint density at radius 1 is 0.694 bits per heavy atom. The lowest BCUT2D eigenvalue weighted by Crippen LogP contribution is -2.24. The topological polar surface area (TPSA) is 78.7 Å². The first-order chi connectivity index (χ1) is 29.4. The first kappa shape index (κ1) is 49.5. The van der Waals surface area contributed by atoms with E-state index in [-0.39, 0.29) is 28.8 Å². The lowest BCUT2D eigenvalue weighted by atomic mass is 9.96. The first-order valence-electron chi connectivity index (χ1n) is 22.8. The Morgan fingerprint density at radius 2 is 1.16 bits per heavy atom. The predicted molar refractivity (Wildman–Crippen MR) is 261 cm³/mol. The zero-order chi connectivity index (χ0) is 43.5. The molecule has 2 saturated carbocycles. The molecule has 4 heterocycles. The SMILES string of the molecule is C.Cc1cc2c(c(C)c1N)CCCCN2Cc1ccc(F)s1.Cc1cc2c(c(C)c1NC(=O)CCC1CCCC1)CCCCN2Cc1ccc(F)s1.O=C(Cl)CCC1CCCC1. The maximum atomic E-state index is 13.5. The number of carbonyl (C=O) groups excluding carboxylic acids is 2. The monoisotopic (exact) mass is 908 g/mol. The van der Waals surface area contributed by atoms with Crippen LogP contribution >= 0.6 is 34.3 Å². The van der Waals surface area contributed by atoms with E-state index in [1.165, 1.54) is 121 Å². The van der Waals surface area contributed by atoms with Gasteiger partial charge in [-0.15, -0.1) is 22.7 Å². The molecule has 2 aliphatic carbocycles. The van der Waals surface area contributed by atoms with Crippen LogP contribution < -0.4 is 20.9 Å². The van der Waals surface area contributed by atoms with Crippen LogP contribution in [0.1, 0.15) is 153 Å². The molecule has 0 atom stereocenters. The standard InChI is InChI=1S/C25H33FN2OS.C17H21FN2S.C8H13ClO.CH4/c1-17-15-22-21(9-5-6-14-28(22)16-20-11-12-23(26)30-20)18(2)25(17)27-24(29)13-10-19-7-3-4-8-19;1-11-9-15-14(12(2)17(11)19)5-3-4-8-20(15)10-13-6-7-16(18)21-13;9-8(10)6-5-7-3-1-2-4-7;/h11-12,15,19H,3-10,13-14,16H2,1-2H3,(H,27,29);6-7,9H,3-5,8,10,19H2,1-2H3;7H,1-6H2;1H4. The molecular weight excluding hydrogens is 838 g/mol. The Kier molecular flexibility index (Phi) is 19.2. The molecule has 0 saturated heterocycles. The summed E-state index contributed by atoms with van der Waals surface area (Å²) < 4.78 is 26.7. The number of aryl methyl sites for hydroxylation is 2. The smallest absolute Gasteiger partial charge is 0.224 e. The average molecular weight is 910 g/mol. The zero-order valence-corrected chi connectivity index (χ0v) is 39.3. The van der Waals surface area contributed by atoms with Crippen molar-refractivity contribution in [2.24, 2.45) is 11.8 Å². The molecule has 2 aromatic heterocycles. The van der Waals surface area contributed by atoms with Gasteiger partial charge in [0.05, 0.1) is 13.1 Å². The number of thiophene rings is 2. The molecule has 1 amide bonds. The fourth-order valence-corrected chi connectivity index (χ4v) is 11.5. The van der Waals surface area contributed by atoms with Crippen molar-refractivity contribution >= 4 is 68.2 Å². The predicted octanol–water partition coefficient (Wildman–Crippen LogP) is 14.5. The van der Waals surface area contributed by atoms with E-state index in [2.05, 4.69) is 54.9 Å². The highest BCUT2D eigenvalue weighted by molar-refractivity contribution is 7.10. The molecule has 4 aliphatic rings. The van der Waals surface area contributed by atoms with E-state index in [1.807, 2.05) is 12.1 Å². The van der Waals surface area contributed by atoms with Gasteiger partial charge in [-0.05, 0) is 172 Å². The van der Waals surface area contributed by atoms with Gasteiger partial charge in [0, 0.05) is 58.4 Å². The van der Waals surface area contributed by atoms with Gasteiger partial charge < -0.3 is 20.9 Å². The molecule has 2 fully saturated rings. The first-order valence-corrected chi connectivity index (χ1v) is 24.9. The Morgan fingerprint density at radius 3 is 1.63 bits per heavy atom. The lowest BCUT2D eigenvalue weighted by Gasteiger charge is -2.27. The summed E-state index contributed by atoms with van der Waals surface area (Å²) in [5.41, 5.74) is 18.0. The Labute approximate surface area is 384 Å². The fraction of sp³-hybridized carbons (Fsp3) is 0.569. The molecule has 8 rings (SSSR count). The molecule has 0 unspecified atom stereocenters. The number of nitrogens with one attached hydrogen (secondary N) is 1. The van der Waals surface area contributed by atoms with Gasteiger partial charge in [-0.1, -0.05) is 58.8 Å². The number of hydrogen-bond donors (Lipinski definition) is 2. The molecule has 0 radical (unpaired) electrons. The highest BCUT2D eigenvalue weighted by atomic mass is 35.5. The normalized spacial score (nSPS) is 16.5. The van der Waals surface area contributed by atoms with Gasteiger partial charge >= 0.3 is 0 Å². The van der Waals surface area contributed by atoms with Crippen LogP contribution in [0.4, 0.5) is 31.5 Å². The van der Waals surface area contributed by atoms with Gasteiger partial charge in [-0.3, -0.25) is 9.59 Å². The number of rotatable bonds is 11. The third kappa shape index (κ3) is 13.8. The van der Waals surface area contributed by atoms with Gasteiger partial charge in [0.2, 0.25) is 11.1 Å². The molecule has 2 aromatic carbocycles. The summed E-state index contributed by atoms with van der Waals surface area (Å²) >= 11 is 7.69. The molecule has 2 aliphatic heterocycles. The lowest BCUT2D eigenvalue weighted by molar-refractivity contribution is -0.116. The second-order valence-corrected chi connectivity index (χ2v) is 20.5. The minimum absolute atomic E-state index is 0. The van der Waals surface area contributed by atoms with Crippen molar-refractivity contribution < 1.29 is 18.4 Å². The van der Waals surface area contributed by atoms with Crippen LogP contribution in [0.2, 0.25) is 0 Å². The van der Waals surface area contributed by atoms with Gasteiger partial charge in [-0.2, -0.15) is 8.78 Å². The number of benzene rings is 2. The summed E-state index contributed by atoms with van der Waals surface area (Å²) in [5, 5.41) is 2.83. The molecule has 340 valence electrons. The van der Waals surface area contributed by atoms with E-state index in [0.717, 1.165) is 109 Å². The number of anilines is 4. The highest BCUT2D eigenvalue weighted by Crippen LogP contribution is 2.38. The molecule has 4 aromatic rings. The molecule has 0 spiro atoms. The number of hydrogen-bond acceptors (Lipinski definition) is 7. The average Bonchev–Trinajstić information content (AvgIpc) is 4.06. The van der Waals surface area contributed by atoms with Crippen LogP contribution in [0.15, 0.2) is 36.4 Å². The van der Waals surface area contributed by atoms with E-state index >= 15 is 0 Å². The van der Waals surface area contributed by atoms with Crippen LogP contribution in [-0.2, 0) is 35.5 Å². The summed E-state index contributed by atoms with van der Waals surface area (Å²) in [5.74, 6) is 1.68. The van der Waals surface area contributed by atoms with Crippen LogP contribution in [0.25, 0.3) is 0 Å². The number of carbonyl (C=O) groups is 2. The summed E-state index contributed by atoms with van der Waals surface area (Å²) in [6, 6.07) is 11.3. The third-order valence-corrected chi connectivity index (χ3v) is 15.3. The maximum absolute atomic E-state index is 13.5. The molecule has 0 bridgehead atoms. The number of amides is 1. The molecule has 6 nitrogen and oxygen atoms in total. The highest BCUT2D eigenvalue weighted by Gasteiger charge is 2.24. The molecule has 11 heteroatoms. The second kappa shape index (κ2) is 24.0. The van der Waals surface area contributed by atoms with Gasteiger partial charge in [-0.25, -0.2) is 0 Å². The molecule has 62 heavy (non-hydrogen) atoms. The Hall–Kier alpha value is -3.47. The summed E-state index contributed by atoms with van der Waals surface area (Å²) in [6.07, 6.45) is 20.5. The van der Waals surface area contributed by atoms with E-state index in [1.54, 1.807) is 12.1 Å². The molecule has 3 N–H and O–H groups in total. The van der Waals surface area contributed by atoms with Crippen LogP contribution in [0, 0.1) is 49.8 Å². The number of nitrogens with two attached hydrogens (primary N) is 1. The van der Waals surface area contributed by atoms with E-state index in [4.69, 9.17) is 17.3 Å². The van der Waals surface area contributed by atoms with Crippen molar-refractivity contribution in [2.45, 2.75) is 164 Å². The Balaban J connectivity index is 0.000000196. The van der Waals surface area contributed by atoms with E-state index in [9.17, 15) is 18.4 Å². The van der Waals surface area contributed by atoms with Gasteiger partial charge in [0.1, 0.15) is 0 Å². The quantitative estimate of drug-likeness (QED) is 0.116. The fourth-order valence-electron chi connectivity index (χ4n) is 9.89. The van der Waals surface area contributed by atoms with Crippen molar-refractivity contribution in [3.05, 3.63) is 89.8 Å².